The van der Waals surface area contributed by atoms with Crippen LogP contribution < -0.4 is 4.72 Å². The number of hydrogen-bond acceptors (Lipinski definition) is 3. The average molecular weight is 317 g/mol. The van der Waals surface area contributed by atoms with E-state index in [1.54, 1.807) is 25.1 Å². The van der Waals surface area contributed by atoms with E-state index < -0.39 is 10.0 Å². The molecule has 0 radical (unpaired) electrons. The lowest BCUT2D eigenvalue weighted by atomic mass is 10.4. The minimum absolute atomic E-state index is 0.0399. The molecule has 2 rings (SSSR count). The molecule has 0 aliphatic heterocycles. The van der Waals surface area contributed by atoms with Gasteiger partial charge in [-0.2, -0.15) is 0 Å². The lowest BCUT2D eigenvalue weighted by Crippen LogP contribution is -2.14. The molecule has 100 valence electrons. The molecular formula is C12H10Cl2N2O2S. The molecule has 0 amide bonds. The molecule has 0 unspecified atom stereocenters. The van der Waals surface area contributed by atoms with Gasteiger partial charge in [0.05, 0.1) is 5.02 Å². The van der Waals surface area contributed by atoms with Gasteiger partial charge < -0.3 is 0 Å². The van der Waals surface area contributed by atoms with Crippen LogP contribution in [0.4, 0.5) is 5.82 Å². The molecule has 2 aromatic rings. The van der Waals surface area contributed by atoms with Crippen LogP contribution in [-0.4, -0.2) is 13.4 Å². The number of rotatable bonds is 3. The van der Waals surface area contributed by atoms with Crippen LogP contribution in [0.1, 0.15) is 5.69 Å². The Morgan fingerprint density at radius 2 is 1.89 bits per heavy atom. The van der Waals surface area contributed by atoms with Gasteiger partial charge in [0.1, 0.15) is 10.7 Å². The first-order chi connectivity index (χ1) is 8.88. The summed E-state index contributed by atoms with van der Waals surface area (Å²) < 4.78 is 26.7. The van der Waals surface area contributed by atoms with Gasteiger partial charge in [-0.25, -0.2) is 13.4 Å². The van der Waals surface area contributed by atoms with Gasteiger partial charge >= 0.3 is 0 Å². The van der Waals surface area contributed by atoms with Gasteiger partial charge in [0.15, 0.2) is 0 Å². The van der Waals surface area contributed by atoms with E-state index >= 15 is 0 Å². The third-order valence-corrected chi connectivity index (χ3v) is 4.38. The van der Waals surface area contributed by atoms with Crippen LogP contribution in [0.5, 0.6) is 0 Å². The summed E-state index contributed by atoms with van der Waals surface area (Å²) in [6.45, 7) is 1.77. The summed E-state index contributed by atoms with van der Waals surface area (Å²) in [4.78, 5) is 4.03. The molecule has 7 heteroatoms. The van der Waals surface area contributed by atoms with Gasteiger partial charge in [-0.15, -0.1) is 0 Å². The van der Waals surface area contributed by atoms with E-state index in [2.05, 4.69) is 9.71 Å². The van der Waals surface area contributed by atoms with Crippen molar-refractivity contribution >= 4 is 39.0 Å². The molecule has 0 atom stereocenters. The highest BCUT2D eigenvalue weighted by Gasteiger charge is 2.18. The first-order valence-electron chi connectivity index (χ1n) is 5.30. The molecule has 0 bridgehead atoms. The fourth-order valence-electron chi connectivity index (χ4n) is 1.49. The summed E-state index contributed by atoms with van der Waals surface area (Å²) >= 11 is 11.6. The quantitative estimate of drug-likeness (QED) is 0.942. The lowest BCUT2D eigenvalue weighted by molar-refractivity contribution is 0.601. The Kier molecular flexibility index (Phi) is 3.99. The van der Waals surface area contributed by atoms with Gasteiger partial charge in [-0.1, -0.05) is 29.3 Å². The van der Waals surface area contributed by atoms with Gasteiger partial charge in [0, 0.05) is 10.7 Å². The minimum Gasteiger partial charge on any atom is -0.263 e. The minimum atomic E-state index is -3.78. The largest absolute Gasteiger partial charge is 0.264 e. The normalized spacial score (nSPS) is 11.3. The summed E-state index contributed by atoms with van der Waals surface area (Å²) in [7, 11) is -3.78. The third-order valence-electron chi connectivity index (χ3n) is 2.31. The van der Waals surface area contributed by atoms with Crippen LogP contribution in [0.25, 0.3) is 0 Å². The molecular weight excluding hydrogens is 307 g/mol. The highest BCUT2D eigenvalue weighted by molar-refractivity contribution is 7.92. The number of nitrogens with one attached hydrogen (secondary N) is 1. The molecule has 0 aliphatic carbocycles. The summed E-state index contributed by atoms with van der Waals surface area (Å²) in [5, 5.41) is 0.435. The van der Waals surface area contributed by atoms with Gasteiger partial charge in [-0.05, 0) is 37.3 Å². The zero-order valence-electron chi connectivity index (χ0n) is 9.89. The fraction of sp³-hybridized carbons (Fsp3) is 0.0833. The Bertz CT molecular complexity index is 717. The standard InChI is InChI=1S/C12H10Cl2N2O2S/c1-8-3-2-4-12(15-8)16-19(17,18)11-6-5-9(13)7-10(11)14/h2-7H,1H3,(H,15,16). The number of sulfonamides is 1. The number of nitrogens with zero attached hydrogens (tertiary/aromatic N) is 1. The van der Waals surface area contributed by atoms with Crippen molar-refractivity contribution in [3.63, 3.8) is 0 Å². The van der Waals surface area contributed by atoms with Crippen molar-refractivity contribution in [1.29, 1.82) is 0 Å². The molecule has 0 saturated heterocycles. The van der Waals surface area contributed by atoms with Crippen LogP contribution in [-0.2, 0) is 10.0 Å². The second-order valence-corrected chi connectivity index (χ2v) is 6.34. The second kappa shape index (κ2) is 5.36. The van der Waals surface area contributed by atoms with Crippen molar-refractivity contribution < 1.29 is 8.42 Å². The first-order valence-corrected chi connectivity index (χ1v) is 7.54. The Morgan fingerprint density at radius 3 is 2.53 bits per heavy atom. The molecule has 1 N–H and O–H groups in total. The predicted octanol–water partition coefficient (Wildman–Crippen LogP) is 3.50. The molecule has 4 nitrogen and oxygen atoms in total. The molecule has 1 aromatic carbocycles. The van der Waals surface area contributed by atoms with E-state index in [4.69, 9.17) is 23.2 Å². The molecule has 1 aromatic heterocycles. The second-order valence-electron chi connectivity index (χ2n) is 3.84. The highest BCUT2D eigenvalue weighted by atomic mass is 35.5. The molecule has 19 heavy (non-hydrogen) atoms. The fourth-order valence-corrected chi connectivity index (χ4v) is 3.26. The van der Waals surface area contributed by atoms with Crippen molar-refractivity contribution in [2.24, 2.45) is 0 Å². The van der Waals surface area contributed by atoms with E-state index in [9.17, 15) is 8.42 Å². The van der Waals surface area contributed by atoms with Crippen LogP contribution >= 0.6 is 23.2 Å². The Labute approximate surface area is 121 Å². The zero-order valence-corrected chi connectivity index (χ0v) is 12.2. The lowest BCUT2D eigenvalue weighted by Gasteiger charge is -2.09. The Hall–Kier alpha value is -1.30. The molecule has 0 spiro atoms. The summed E-state index contributed by atoms with van der Waals surface area (Å²) in [6, 6.07) is 9.24. The van der Waals surface area contributed by atoms with Gasteiger partial charge in [-0.3, -0.25) is 4.72 Å². The Morgan fingerprint density at radius 1 is 1.16 bits per heavy atom. The number of aryl methyl sites for hydroxylation is 1. The Balaban J connectivity index is 2.38. The highest BCUT2D eigenvalue weighted by Crippen LogP contribution is 2.26. The molecule has 0 saturated carbocycles. The van der Waals surface area contributed by atoms with E-state index in [1.165, 1.54) is 18.2 Å². The monoisotopic (exact) mass is 316 g/mol. The first kappa shape index (κ1) is 14.1. The molecule has 1 heterocycles. The van der Waals surface area contributed by atoms with Crippen molar-refractivity contribution in [3.8, 4) is 0 Å². The van der Waals surface area contributed by atoms with Crippen molar-refractivity contribution in [3.05, 3.63) is 52.1 Å². The maximum Gasteiger partial charge on any atom is 0.264 e. The number of halogens is 2. The van der Waals surface area contributed by atoms with E-state index in [0.29, 0.717) is 10.7 Å². The number of hydrogen-bond donors (Lipinski definition) is 1. The number of anilines is 1. The van der Waals surface area contributed by atoms with E-state index in [1.807, 2.05) is 0 Å². The van der Waals surface area contributed by atoms with Crippen molar-refractivity contribution in [2.75, 3.05) is 4.72 Å². The maximum atomic E-state index is 12.2. The molecule has 0 fully saturated rings. The van der Waals surface area contributed by atoms with E-state index in [-0.39, 0.29) is 15.7 Å². The average Bonchev–Trinajstić information content (AvgIpc) is 2.27. The van der Waals surface area contributed by atoms with Crippen LogP contribution in [0, 0.1) is 6.92 Å². The molecule has 0 aliphatic rings. The summed E-state index contributed by atoms with van der Waals surface area (Å²) in [5.74, 6) is 0.242. The smallest absolute Gasteiger partial charge is 0.263 e. The SMILES string of the molecule is Cc1cccc(NS(=O)(=O)c2ccc(Cl)cc2Cl)n1. The van der Waals surface area contributed by atoms with Crippen LogP contribution in [0.15, 0.2) is 41.3 Å². The predicted molar refractivity (Wildman–Crippen MR) is 76.2 cm³/mol. The third kappa shape index (κ3) is 3.37. The summed E-state index contributed by atoms with van der Waals surface area (Å²) in [5.41, 5.74) is 0.711. The van der Waals surface area contributed by atoms with E-state index in [0.717, 1.165) is 0 Å². The number of benzene rings is 1. The zero-order chi connectivity index (χ0) is 14.0. The topological polar surface area (TPSA) is 59.1 Å². The van der Waals surface area contributed by atoms with Crippen molar-refractivity contribution in [1.82, 2.24) is 4.98 Å². The maximum absolute atomic E-state index is 12.2. The summed E-state index contributed by atoms with van der Waals surface area (Å²) in [6.07, 6.45) is 0. The van der Waals surface area contributed by atoms with Crippen LogP contribution in [0.3, 0.4) is 0 Å². The van der Waals surface area contributed by atoms with Crippen molar-refractivity contribution in [2.45, 2.75) is 11.8 Å². The number of aromatic nitrogens is 1. The van der Waals surface area contributed by atoms with Gasteiger partial charge in [0.25, 0.3) is 10.0 Å². The van der Waals surface area contributed by atoms with Gasteiger partial charge in [0.2, 0.25) is 0 Å². The van der Waals surface area contributed by atoms with Crippen LogP contribution in [0.2, 0.25) is 10.0 Å². The number of pyridine rings is 1.